The van der Waals surface area contributed by atoms with Gasteiger partial charge >= 0.3 is 0 Å². The van der Waals surface area contributed by atoms with Crippen LogP contribution < -0.4 is 18.9 Å². The first kappa shape index (κ1) is 79.2. The SMILES string of the molecule is Cc1cc(Oc2cccnc2)cc(C(=O)Cc2cc(C#N)ccn2)n1.Cc1cc(Oc2cccnc2)cc(C(=O)Cc2ccc(C(C)(F)F)cn2)n1.Cc1cc(Oc2cncc(Cl)c2)cc(C(=O)Cc2ccc(C(C)(F)F)cn2)n1.Cc1ccc(Oc2cc(C)nc(C(=O)Cc3ccc(C(C)(F)F)cn3)c2)cn1. The van der Waals surface area contributed by atoms with Gasteiger partial charge in [0.15, 0.2) is 23.1 Å². The van der Waals surface area contributed by atoms with Crippen molar-refractivity contribution in [1.82, 2.24) is 59.8 Å². The molecular formula is C80H66ClF6N13O8. The van der Waals surface area contributed by atoms with E-state index in [1.165, 1.54) is 67.1 Å². The molecule has 0 unspecified atom stereocenters. The molecule has 0 atom stereocenters. The van der Waals surface area contributed by atoms with Gasteiger partial charge in [0.1, 0.15) is 68.8 Å². The highest BCUT2D eigenvalue weighted by Crippen LogP contribution is 2.32. The molecule has 0 amide bonds. The number of hydrogen-bond acceptors (Lipinski definition) is 21. The number of halogens is 7. The van der Waals surface area contributed by atoms with Crippen LogP contribution in [0.25, 0.3) is 0 Å². The number of pyridine rings is 12. The molecule has 12 rings (SSSR count). The molecule has 0 bridgehead atoms. The predicted molar refractivity (Wildman–Crippen MR) is 385 cm³/mol. The molecule has 0 fully saturated rings. The summed E-state index contributed by atoms with van der Waals surface area (Å²) in [6.45, 7) is 11.3. The van der Waals surface area contributed by atoms with Gasteiger partial charge in [-0.2, -0.15) is 5.26 Å². The number of alkyl halides is 6. The van der Waals surface area contributed by atoms with Crippen LogP contribution in [0.5, 0.6) is 46.0 Å². The normalized spacial score (nSPS) is 11.0. The highest BCUT2D eigenvalue weighted by atomic mass is 35.5. The first-order chi connectivity index (χ1) is 51.3. The molecule has 0 aromatic carbocycles. The van der Waals surface area contributed by atoms with Gasteiger partial charge < -0.3 is 18.9 Å². The minimum atomic E-state index is -2.98. The van der Waals surface area contributed by atoms with Crippen molar-refractivity contribution in [3.63, 3.8) is 0 Å². The average molecular weight is 1490 g/mol. The van der Waals surface area contributed by atoms with Crippen molar-refractivity contribution in [1.29, 1.82) is 5.26 Å². The standard InChI is InChI=1S/C21H19F2N3O2.C20H16ClF2N3O2.C20H17F2N3O2.C19H14N4O2/c1-13-4-7-17(12-24-13)28-18-8-14(2)26-19(10-18)20(27)9-16-6-5-15(11-25-16)21(3,22)23;1-12-5-16(28-17-6-14(21)10-24-11-17)8-18(26-12)19(27)7-15-4-3-13(9-25-15)20(2,22)23;1-13-8-17(27-16-4-3-7-23-12-16)10-18(25-13)19(26)9-15-6-5-14(11-24-15)20(2,21)22;1-13-7-17(25-16-3-2-5-21-12-16)10-18(23-13)19(24)9-15-8-14(11-20)4-6-22-15/h4-8,10-12H,9H2,1-3H3;3-6,8-11H,7H2,1-2H3;3-8,10-12H,9H2,1-2H3;2-8,10,12H,9H2,1H3. The van der Waals surface area contributed by atoms with Crippen LogP contribution in [-0.4, -0.2) is 82.9 Å². The second-order valence-corrected chi connectivity index (χ2v) is 24.8. The van der Waals surface area contributed by atoms with Crippen LogP contribution in [0.2, 0.25) is 5.02 Å². The van der Waals surface area contributed by atoms with Gasteiger partial charge in [-0.15, -0.1) is 0 Å². The third kappa shape index (κ3) is 24.6. The fourth-order valence-electron chi connectivity index (χ4n) is 9.71. The van der Waals surface area contributed by atoms with E-state index in [-0.39, 0.29) is 82.6 Å². The van der Waals surface area contributed by atoms with E-state index in [1.54, 1.807) is 144 Å². The van der Waals surface area contributed by atoms with Crippen molar-refractivity contribution in [2.24, 2.45) is 0 Å². The Balaban J connectivity index is 0.000000166. The molecular weight excluding hydrogens is 1420 g/mol. The molecule has 108 heavy (non-hydrogen) atoms. The van der Waals surface area contributed by atoms with E-state index in [0.29, 0.717) is 108 Å². The summed E-state index contributed by atoms with van der Waals surface area (Å²) < 4.78 is 102. The molecule has 0 radical (unpaired) electrons. The van der Waals surface area contributed by atoms with Gasteiger partial charge in [-0.1, -0.05) is 11.6 Å². The lowest BCUT2D eigenvalue weighted by molar-refractivity contribution is 0.0164. The summed E-state index contributed by atoms with van der Waals surface area (Å²) in [6.07, 6.45) is 15.7. The van der Waals surface area contributed by atoms with Crippen LogP contribution in [0.15, 0.2) is 208 Å². The van der Waals surface area contributed by atoms with Crippen LogP contribution in [-0.2, 0) is 43.5 Å². The fraction of sp³-hybridized carbons (Fsp3) is 0.188. The quantitative estimate of drug-likeness (QED) is 0.0425. The number of carbonyl (C=O) groups is 4. The number of nitriles is 1. The van der Waals surface area contributed by atoms with Crippen LogP contribution in [0, 0.1) is 45.9 Å². The molecule has 0 N–H and O–H groups in total. The number of carbonyl (C=O) groups excluding carboxylic acids is 4. The van der Waals surface area contributed by atoms with Gasteiger partial charge in [0.05, 0.1) is 67.1 Å². The Morgan fingerprint density at radius 1 is 0.361 bits per heavy atom. The van der Waals surface area contributed by atoms with Gasteiger partial charge in [0.2, 0.25) is 0 Å². The van der Waals surface area contributed by atoms with Crippen molar-refractivity contribution in [3.05, 3.63) is 309 Å². The zero-order valence-electron chi connectivity index (χ0n) is 59.2. The number of ether oxygens (including phenoxy) is 4. The Bertz CT molecular complexity index is 5170. The smallest absolute Gasteiger partial charge is 0.272 e. The molecule has 0 saturated carbocycles. The number of ketones is 4. The van der Waals surface area contributed by atoms with Crippen molar-refractivity contribution in [2.45, 2.75) is 98.8 Å². The molecule has 0 spiro atoms. The summed E-state index contributed by atoms with van der Waals surface area (Å²) in [6, 6.07) is 38.6. The van der Waals surface area contributed by atoms with E-state index in [0.717, 1.165) is 45.1 Å². The van der Waals surface area contributed by atoms with Crippen LogP contribution in [0.4, 0.5) is 26.3 Å². The second kappa shape index (κ2) is 36.2. The topological polar surface area (TPSA) is 284 Å². The van der Waals surface area contributed by atoms with Crippen molar-refractivity contribution < 1.29 is 64.5 Å². The number of hydrogen-bond donors (Lipinski definition) is 0. The molecule has 0 aliphatic rings. The average Bonchev–Trinajstić information content (AvgIpc) is 0.849. The number of aromatic nitrogens is 12. The van der Waals surface area contributed by atoms with Gasteiger partial charge in [-0.25, -0.2) is 46.3 Å². The molecule has 12 aromatic heterocycles. The molecule has 21 nitrogen and oxygen atoms in total. The third-order valence-corrected chi connectivity index (χ3v) is 15.1. The first-order valence-corrected chi connectivity index (χ1v) is 33.2. The third-order valence-electron chi connectivity index (χ3n) is 14.9. The van der Waals surface area contributed by atoms with E-state index in [1.807, 2.05) is 19.1 Å². The lowest BCUT2D eigenvalue weighted by Crippen LogP contribution is -2.11. The second-order valence-electron chi connectivity index (χ2n) is 24.4. The summed E-state index contributed by atoms with van der Waals surface area (Å²) in [4.78, 5) is 99.2. The van der Waals surface area contributed by atoms with Gasteiger partial charge in [0, 0.05) is 187 Å². The van der Waals surface area contributed by atoms with E-state index < -0.39 is 17.8 Å². The van der Waals surface area contributed by atoms with Crippen LogP contribution >= 0.6 is 11.6 Å². The number of rotatable bonds is 23. The van der Waals surface area contributed by atoms with Crippen LogP contribution in [0.3, 0.4) is 0 Å². The molecule has 12 heterocycles. The highest BCUT2D eigenvalue weighted by Gasteiger charge is 2.28. The molecule has 0 aliphatic carbocycles. The molecule has 12 aromatic rings. The predicted octanol–water partition coefficient (Wildman–Crippen LogP) is 17.8. The summed E-state index contributed by atoms with van der Waals surface area (Å²) in [5, 5.41) is 9.35. The number of Topliss-reactive ketones (excluding diaryl/α,β-unsaturated/α-hetero) is 4. The fourth-order valence-corrected chi connectivity index (χ4v) is 9.87. The minimum absolute atomic E-state index is 0.0433. The summed E-state index contributed by atoms with van der Waals surface area (Å²) >= 11 is 5.89. The minimum Gasteiger partial charge on any atom is -0.456 e. The van der Waals surface area contributed by atoms with E-state index in [4.69, 9.17) is 35.8 Å². The molecule has 28 heteroatoms. The van der Waals surface area contributed by atoms with Gasteiger partial charge in [-0.3, -0.25) is 59.0 Å². The van der Waals surface area contributed by atoms with Crippen molar-refractivity contribution in [2.75, 3.05) is 0 Å². The van der Waals surface area contributed by atoms with E-state index >= 15 is 0 Å². The zero-order valence-corrected chi connectivity index (χ0v) is 59.9. The maximum atomic E-state index is 13.3. The molecule has 548 valence electrons. The van der Waals surface area contributed by atoms with Crippen molar-refractivity contribution in [3.8, 4) is 52.1 Å². The zero-order chi connectivity index (χ0) is 77.7. The lowest BCUT2D eigenvalue weighted by atomic mass is 10.1. The summed E-state index contributed by atoms with van der Waals surface area (Å²) in [7, 11) is 0. The Morgan fingerprint density at radius 2 is 0.722 bits per heavy atom. The largest absolute Gasteiger partial charge is 0.456 e. The highest BCUT2D eigenvalue weighted by molar-refractivity contribution is 6.30. The number of aryl methyl sites for hydroxylation is 5. The Morgan fingerprint density at radius 3 is 1.04 bits per heavy atom. The van der Waals surface area contributed by atoms with Gasteiger partial charge in [-0.05, 0) is 120 Å². The first-order valence-electron chi connectivity index (χ1n) is 32.8. The summed E-state index contributed by atoms with van der Waals surface area (Å²) in [5.74, 6) is -6.01. The maximum absolute atomic E-state index is 13.3. The maximum Gasteiger partial charge on any atom is 0.272 e. The Kier molecular flexibility index (Phi) is 26.5. The lowest BCUT2D eigenvalue weighted by Gasteiger charge is -2.10. The van der Waals surface area contributed by atoms with E-state index in [9.17, 15) is 45.5 Å². The monoisotopic (exact) mass is 1490 g/mol. The van der Waals surface area contributed by atoms with Crippen LogP contribution in [0.1, 0.15) is 136 Å². The number of nitrogens with zero attached hydrogens (tertiary/aromatic N) is 13. The molecule has 0 saturated heterocycles. The Labute approximate surface area is 621 Å². The molecule has 0 aliphatic heterocycles. The van der Waals surface area contributed by atoms with E-state index in [2.05, 4.69) is 59.8 Å². The van der Waals surface area contributed by atoms with Gasteiger partial charge in [0.25, 0.3) is 17.8 Å². The summed E-state index contributed by atoms with van der Waals surface area (Å²) in [5.41, 5.74) is 5.87. The Hall–Kier alpha value is -13.0. The van der Waals surface area contributed by atoms with Crippen molar-refractivity contribution >= 4 is 34.7 Å².